The summed E-state index contributed by atoms with van der Waals surface area (Å²) in [5, 5.41) is 12.5. The van der Waals surface area contributed by atoms with Gasteiger partial charge in [0.2, 0.25) is 0 Å². The van der Waals surface area contributed by atoms with Gasteiger partial charge in [-0.1, -0.05) is 32.4 Å². The zero-order valence-electron chi connectivity index (χ0n) is 11.6. The third-order valence-corrected chi connectivity index (χ3v) is 3.67. The molecule has 6 heteroatoms. The van der Waals surface area contributed by atoms with E-state index in [4.69, 9.17) is 17.3 Å². The molecule has 0 radical (unpaired) electrons. The summed E-state index contributed by atoms with van der Waals surface area (Å²) in [6, 6.07) is 5.44. The molecule has 102 valence electrons. The number of hydrogen-bond donors (Lipinski definition) is 1. The van der Waals surface area contributed by atoms with Crippen LogP contribution in [0.1, 0.15) is 33.7 Å². The van der Waals surface area contributed by atoms with Gasteiger partial charge in [0, 0.05) is 11.3 Å². The molecule has 0 saturated carbocycles. The Hall–Kier alpha value is -1.62. The van der Waals surface area contributed by atoms with Crippen molar-refractivity contribution in [2.24, 2.45) is 5.41 Å². The average molecular weight is 280 g/mol. The number of tetrazole rings is 1. The van der Waals surface area contributed by atoms with Gasteiger partial charge in [-0.15, -0.1) is 5.10 Å². The van der Waals surface area contributed by atoms with Crippen molar-refractivity contribution in [2.45, 2.75) is 33.7 Å². The van der Waals surface area contributed by atoms with E-state index in [2.05, 4.69) is 43.2 Å². The summed E-state index contributed by atoms with van der Waals surface area (Å²) in [4.78, 5) is 0. The Bertz CT molecular complexity index is 585. The van der Waals surface area contributed by atoms with Crippen LogP contribution in [0, 0.1) is 5.41 Å². The van der Waals surface area contributed by atoms with E-state index in [1.165, 1.54) is 0 Å². The fraction of sp³-hybridized carbons (Fsp3) is 0.462. The van der Waals surface area contributed by atoms with Gasteiger partial charge in [-0.2, -0.15) is 0 Å². The SMILES string of the molecule is CC(n1nnnc1-c1cc(N)ccc1Cl)C(C)(C)C. The number of benzene rings is 1. The predicted octanol–water partition coefficient (Wildman–Crippen LogP) is 3.18. The van der Waals surface area contributed by atoms with Crippen LogP contribution in [0.3, 0.4) is 0 Å². The summed E-state index contributed by atoms with van der Waals surface area (Å²) in [5.74, 6) is 0.639. The van der Waals surface area contributed by atoms with Gasteiger partial charge < -0.3 is 5.73 Å². The smallest absolute Gasteiger partial charge is 0.183 e. The second-order valence-electron chi connectivity index (χ2n) is 5.73. The van der Waals surface area contributed by atoms with Crippen molar-refractivity contribution >= 4 is 17.3 Å². The quantitative estimate of drug-likeness (QED) is 0.857. The van der Waals surface area contributed by atoms with Crippen LogP contribution in [-0.4, -0.2) is 20.2 Å². The van der Waals surface area contributed by atoms with Crippen LogP contribution < -0.4 is 5.73 Å². The predicted molar refractivity (Wildman–Crippen MR) is 76.8 cm³/mol. The minimum atomic E-state index is 0.0386. The van der Waals surface area contributed by atoms with E-state index < -0.39 is 0 Å². The normalized spacial score (nSPS) is 13.5. The molecule has 0 saturated heterocycles. The summed E-state index contributed by atoms with van der Waals surface area (Å²) >= 11 is 6.21. The first-order chi connectivity index (χ1) is 8.80. The van der Waals surface area contributed by atoms with E-state index in [0.717, 1.165) is 5.56 Å². The zero-order chi connectivity index (χ0) is 14.2. The fourth-order valence-electron chi connectivity index (χ4n) is 1.71. The van der Waals surface area contributed by atoms with Gasteiger partial charge in [-0.25, -0.2) is 4.68 Å². The monoisotopic (exact) mass is 279 g/mol. The first kappa shape index (κ1) is 13.8. The van der Waals surface area contributed by atoms with Gasteiger partial charge in [-0.3, -0.25) is 0 Å². The molecule has 2 aromatic rings. The number of nitrogens with two attached hydrogens (primary N) is 1. The Balaban J connectivity index is 2.53. The van der Waals surface area contributed by atoms with E-state index in [1.807, 2.05) is 0 Å². The summed E-state index contributed by atoms with van der Waals surface area (Å²) in [6.07, 6.45) is 0. The maximum atomic E-state index is 6.21. The van der Waals surface area contributed by atoms with Gasteiger partial charge in [-0.05, 0) is 41.0 Å². The van der Waals surface area contributed by atoms with Gasteiger partial charge in [0.05, 0.1) is 11.1 Å². The molecule has 0 bridgehead atoms. The van der Waals surface area contributed by atoms with Crippen molar-refractivity contribution in [2.75, 3.05) is 5.73 Å². The third-order valence-electron chi connectivity index (χ3n) is 3.34. The summed E-state index contributed by atoms with van der Waals surface area (Å²) in [6.45, 7) is 8.51. The first-order valence-corrected chi connectivity index (χ1v) is 6.52. The second kappa shape index (κ2) is 4.81. The van der Waals surface area contributed by atoms with Crippen molar-refractivity contribution in [1.82, 2.24) is 20.2 Å². The number of aromatic nitrogens is 4. The van der Waals surface area contributed by atoms with Gasteiger partial charge in [0.1, 0.15) is 0 Å². The van der Waals surface area contributed by atoms with E-state index in [9.17, 15) is 0 Å². The molecule has 1 aromatic heterocycles. The number of halogens is 1. The lowest BCUT2D eigenvalue weighted by atomic mass is 9.88. The Kier molecular flexibility index (Phi) is 3.49. The summed E-state index contributed by atoms with van der Waals surface area (Å²) in [7, 11) is 0. The molecule has 1 heterocycles. The van der Waals surface area contributed by atoms with Crippen LogP contribution in [0.4, 0.5) is 5.69 Å². The number of nitrogen functional groups attached to an aromatic ring is 1. The summed E-state index contributed by atoms with van der Waals surface area (Å²) < 4.78 is 1.79. The van der Waals surface area contributed by atoms with Crippen molar-refractivity contribution in [3.63, 3.8) is 0 Å². The third kappa shape index (κ3) is 2.71. The highest BCUT2D eigenvalue weighted by Gasteiger charge is 2.26. The molecule has 0 amide bonds. The summed E-state index contributed by atoms with van der Waals surface area (Å²) in [5.41, 5.74) is 7.24. The van der Waals surface area contributed by atoms with E-state index in [0.29, 0.717) is 16.5 Å². The molecule has 2 rings (SSSR count). The standard InChI is InChI=1S/C13H18ClN5/c1-8(13(2,3)4)19-12(16-17-18-19)10-7-9(15)5-6-11(10)14/h5-8H,15H2,1-4H3. The highest BCUT2D eigenvalue weighted by Crippen LogP contribution is 2.34. The largest absolute Gasteiger partial charge is 0.399 e. The van der Waals surface area contributed by atoms with E-state index in [-0.39, 0.29) is 11.5 Å². The van der Waals surface area contributed by atoms with Gasteiger partial charge in [0.15, 0.2) is 5.82 Å². The minimum absolute atomic E-state index is 0.0386. The Morgan fingerprint density at radius 1 is 1.32 bits per heavy atom. The molecule has 1 aromatic carbocycles. The van der Waals surface area contributed by atoms with Gasteiger partial charge in [0.25, 0.3) is 0 Å². The van der Waals surface area contributed by atoms with Crippen molar-refractivity contribution in [3.05, 3.63) is 23.2 Å². The fourth-order valence-corrected chi connectivity index (χ4v) is 1.91. The number of nitrogens with zero attached hydrogens (tertiary/aromatic N) is 4. The van der Waals surface area contributed by atoms with Crippen LogP contribution >= 0.6 is 11.6 Å². The highest BCUT2D eigenvalue weighted by molar-refractivity contribution is 6.33. The van der Waals surface area contributed by atoms with Crippen LogP contribution in [0.2, 0.25) is 5.02 Å². The maximum Gasteiger partial charge on any atom is 0.183 e. The molecule has 1 unspecified atom stereocenters. The molecule has 0 aliphatic carbocycles. The molecular weight excluding hydrogens is 262 g/mol. The number of anilines is 1. The molecule has 0 fully saturated rings. The van der Waals surface area contributed by atoms with Gasteiger partial charge >= 0.3 is 0 Å². The highest BCUT2D eigenvalue weighted by atomic mass is 35.5. The molecular formula is C13H18ClN5. The molecule has 0 spiro atoms. The first-order valence-electron chi connectivity index (χ1n) is 6.14. The van der Waals surface area contributed by atoms with Crippen molar-refractivity contribution in [1.29, 1.82) is 0 Å². The number of rotatable bonds is 2. The lowest BCUT2D eigenvalue weighted by Gasteiger charge is -2.27. The number of hydrogen-bond acceptors (Lipinski definition) is 4. The minimum Gasteiger partial charge on any atom is -0.399 e. The molecule has 5 nitrogen and oxygen atoms in total. The van der Waals surface area contributed by atoms with E-state index >= 15 is 0 Å². The topological polar surface area (TPSA) is 69.6 Å². The molecule has 19 heavy (non-hydrogen) atoms. The average Bonchev–Trinajstić information content (AvgIpc) is 2.78. The lowest BCUT2D eigenvalue weighted by Crippen LogP contribution is -2.23. The molecule has 1 atom stereocenters. The van der Waals surface area contributed by atoms with Crippen molar-refractivity contribution < 1.29 is 0 Å². The maximum absolute atomic E-state index is 6.21. The van der Waals surface area contributed by atoms with Crippen LogP contribution in [0.15, 0.2) is 18.2 Å². The lowest BCUT2D eigenvalue weighted by molar-refractivity contribution is 0.243. The molecule has 0 aliphatic heterocycles. The van der Waals surface area contributed by atoms with Crippen molar-refractivity contribution in [3.8, 4) is 11.4 Å². The van der Waals surface area contributed by atoms with Crippen LogP contribution in [0.25, 0.3) is 11.4 Å². The molecule has 2 N–H and O–H groups in total. The molecule has 0 aliphatic rings. The Morgan fingerprint density at radius 3 is 2.63 bits per heavy atom. The van der Waals surface area contributed by atoms with E-state index in [1.54, 1.807) is 22.9 Å². The van der Waals surface area contributed by atoms with Crippen LogP contribution in [-0.2, 0) is 0 Å². The Labute approximate surface area is 117 Å². The Morgan fingerprint density at radius 2 is 2.00 bits per heavy atom. The second-order valence-corrected chi connectivity index (χ2v) is 6.14. The zero-order valence-corrected chi connectivity index (χ0v) is 12.3. The van der Waals surface area contributed by atoms with Crippen LogP contribution in [0.5, 0.6) is 0 Å².